The van der Waals surface area contributed by atoms with Crippen LogP contribution in [0.25, 0.3) is 0 Å². The third-order valence-electron chi connectivity index (χ3n) is 4.59. The van der Waals surface area contributed by atoms with E-state index in [1.807, 2.05) is 0 Å². The summed E-state index contributed by atoms with van der Waals surface area (Å²) >= 11 is 0. The minimum atomic E-state index is -1.34. The first-order valence-electron chi connectivity index (χ1n) is 9.15. The molecule has 160 valence electrons. The standard InChI is InChI=1S/C21H19N3O7/c1-11-2-3-12(19(28)22-13-4-5-17(26)14(9-13)21(30)31)8-15(11)23-16-10-18(27)24(6-7-25)20(16)29/h2-5,8-10,23,25-26H,6-7H2,1H3,(H,22,28)(H,30,31). The lowest BCUT2D eigenvalue weighted by Crippen LogP contribution is -2.34. The fourth-order valence-corrected chi connectivity index (χ4v) is 2.94. The fraction of sp³-hybridized carbons (Fsp3) is 0.143. The van der Waals surface area contributed by atoms with Gasteiger partial charge in [0.1, 0.15) is 17.0 Å². The molecular formula is C21H19N3O7. The van der Waals surface area contributed by atoms with Gasteiger partial charge in [0.2, 0.25) is 0 Å². The Labute approximate surface area is 176 Å². The Kier molecular flexibility index (Phi) is 6.02. The zero-order chi connectivity index (χ0) is 22.7. The number of aryl methyl sites for hydroxylation is 1. The molecule has 3 amide bonds. The van der Waals surface area contributed by atoms with Gasteiger partial charge in [0.15, 0.2) is 0 Å². The fourth-order valence-electron chi connectivity index (χ4n) is 2.94. The molecule has 0 aliphatic carbocycles. The van der Waals surface area contributed by atoms with E-state index in [0.29, 0.717) is 11.3 Å². The van der Waals surface area contributed by atoms with Crippen LogP contribution in [0.4, 0.5) is 11.4 Å². The molecule has 0 spiro atoms. The van der Waals surface area contributed by atoms with Crippen molar-refractivity contribution in [3.63, 3.8) is 0 Å². The SMILES string of the molecule is Cc1ccc(C(=O)Nc2ccc(O)c(C(=O)O)c2)cc1NC1=CC(=O)N(CCO)C1=O. The smallest absolute Gasteiger partial charge is 0.339 e. The van der Waals surface area contributed by atoms with Crippen LogP contribution in [0.5, 0.6) is 5.75 Å². The Bertz CT molecular complexity index is 1120. The van der Waals surface area contributed by atoms with Crippen LogP contribution >= 0.6 is 0 Å². The second-order valence-electron chi connectivity index (χ2n) is 6.72. The summed E-state index contributed by atoms with van der Waals surface area (Å²) in [6, 6.07) is 8.32. The summed E-state index contributed by atoms with van der Waals surface area (Å²) in [7, 11) is 0. The van der Waals surface area contributed by atoms with Gasteiger partial charge in [0.25, 0.3) is 17.7 Å². The summed E-state index contributed by atoms with van der Waals surface area (Å²) in [5.74, 6) is -3.44. The van der Waals surface area contributed by atoms with Crippen molar-refractivity contribution in [1.82, 2.24) is 4.90 Å². The Morgan fingerprint density at radius 2 is 1.84 bits per heavy atom. The molecule has 10 nitrogen and oxygen atoms in total. The summed E-state index contributed by atoms with van der Waals surface area (Å²) in [5, 5.41) is 33.0. The van der Waals surface area contributed by atoms with E-state index < -0.39 is 29.4 Å². The van der Waals surface area contributed by atoms with Crippen molar-refractivity contribution >= 4 is 35.1 Å². The van der Waals surface area contributed by atoms with E-state index in [2.05, 4.69) is 10.6 Å². The summed E-state index contributed by atoms with van der Waals surface area (Å²) < 4.78 is 0. The van der Waals surface area contributed by atoms with Gasteiger partial charge < -0.3 is 26.0 Å². The molecule has 2 aromatic rings. The van der Waals surface area contributed by atoms with Crippen molar-refractivity contribution in [2.24, 2.45) is 0 Å². The van der Waals surface area contributed by atoms with Crippen molar-refractivity contribution in [2.75, 3.05) is 23.8 Å². The minimum Gasteiger partial charge on any atom is -0.507 e. The van der Waals surface area contributed by atoms with E-state index in [1.165, 1.54) is 12.1 Å². The second-order valence-corrected chi connectivity index (χ2v) is 6.72. The number of aromatic carboxylic acids is 1. The molecule has 1 heterocycles. The summed E-state index contributed by atoms with van der Waals surface area (Å²) in [5.41, 5.74) is 1.17. The van der Waals surface area contributed by atoms with Gasteiger partial charge in [-0.1, -0.05) is 6.07 Å². The van der Waals surface area contributed by atoms with Crippen LogP contribution in [-0.2, 0) is 9.59 Å². The highest BCUT2D eigenvalue weighted by Crippen LogP contribution is 2.24. The van der Waals surface area contributed by atoms with Crippen molar-refractivity contribution < 1.29 is 34.5 Å². The molecule has 0 atom stereocenters. The van der Waals surface area contributed by atoms with Crippen molar-refractivity contribution in [1.29, 1.82) is 0 Å². The number of nitrogens with zero attached hydrogens (tertiary/aromatic N) is 1. The van der Waals surface area contributed by atoms with Crippen molar-refractivity contribution in [2.45, 2.75) is 6.92 Å². The van der Waals surface area contributed by atoms with Crippen molar-refractivity contribution in [3.8, 4) is 5.75 Å². The molecule has 5 N–H and O–H groups in total. The molecule has 0 bridgehead atoms. The first kappa shape index (κ1) is 21.5. The number of anilines is 2. The number of phenols is 1. The lowest BCUT2D eigenvalue weighted by molar-refractivity contribution is -0.137. The lowest BCUT2D eigenvalue weighted by Gasteiger charge is -2.15. The third kappa shape index (κ3) is 4.54. The molecule has 0 unspecified atom stereocenters. The van der Waals surface area contributed by atoms with E-state index in [9.17, 15) is 24.3 Å². The number of carboxylic acids is 1. The summed E-state index contributed by atoms with van der Waals surface area (Å²) in [6.45, 7) is 1.27. The lowest BCUT2D eigenvalue weighted by atomic mass is 10.1. The number of rotatable bonds is 7. The van der Waals surface area contributed by atoms with Gasteiger partial charge in [0.05, 0.1) is 13.2 Å². The maximum atomic E-state index is 12.6. The van der Waals surface area contributed by atoms with Crippen LogP contribution in [0, 0.1) is 6.92 Å². The largest absolute Gasteiger partial charge is 0.507 e. The highest BCUT2D eigenvalue weighted by Gasteiger charge is 2.30. The predicted octanol–water partition coefficient (Wildman–Crippen LogP) is 1.31. The van der Waals surface area contributed by atoms with Gasteiger partial charge in [-0.15, -0.1) is 0 Å². The highest BCUT2D eigenvalue weighted by atomic mass is 16.4. The molecule has 1 aliphatic heterocycles. The third-order valence-corrected chi connectivity index (χ3v) is 4.59. The zero-order valence-corrected chi connectivity index (χ0v) is 16.4. The highest BCUT2D eigenvalue weighted by molar-refractivity contribution is 6.17. The molecule has 31 heavy (non-hydrogen) atoms. The number of hydrogen-bond acceptors (Lipinski definition) is 7. The molecule has 1 aliphatic rings. The van der Waals surface area contributed by atoms with E-state index >= 15 is 0 Å². The first-order chi connectivity index (χ1) is 14.7. The number of carbonyl (C=O) groups is 4. The number of benzene rings is 2. The predicted molar refractivity (Wildman–Crippen MR) is 110 cm³/mol. The van der Waals surface area contributed by atoms with Gasteiger partial charge in [-0.3, -0.25) is 19.3 Å². The molecule has 10 heteroatoms. The Balaban J connectivity index is 1.80. The van der Waals surface area contributed by atoms with Crippen LogP contribution in [0.3, 0.4) is 0 Å². The van der Waals surface area contributed by atoms with Crippen LogP contribution in [0.1, 0.15) is 26.3 Å². The monoisotopic (exact) mass is 425 g/mol. The van der Waals surface area contributed by atoms with E-state index in [0.717, 1.165) is 23.1 Å². The van der Waals surface area contributed by atoms with Crippen molar-refractivity contribution in [3.05, 3.63) is 64.9 Å². The van der Waals surface area contributed by atoms with Gasteiger partial charge in [-0.2, -0.15) is 0 Å². The van der Waals surface area contributed by atoms with E-state index in [4.69, 9.17) is 10.2 Å². The van der Waals surface area contributed by atoms with Crippen LogP contribution in [0.15, 0.2) is 48.2 Å². The normalized spacial score (nSPS) is 13.2. The van der Waals surface area contributed by atoms with Crippen LogP contribution in [0.2, 0.25) is 0 Å². The van der Waals surface area contributed by atoms with Gasteiger partial charge in [-0.25, -0.2) is 4.79 Å². The second kappa shape index (κ2) is 8.67. The van der Waals surface area contributed by atoms with Gasteiger partial charge >= 0.3 is 5.97 Å². The minimum absolute atomic E-state index is 0.0174. The Morgan fingerprint density at radius 3 is 2.52 bits per heavy atom. The van der Waals surface area contributed by atoms with Crippen LogP contribution < -0.4 is 10.6 Å². The average Bonchev–Trinajstić information content (AvgIpc) is 2.98. The van der Waals surface area contributed by atoms with Gasteiger partial charge in [-0.05, 0) is 42.8 Å². The molecule has 0 fully saturated rings. The van der Waals surface area contributed by atoms with Gasteiger partial charge in [0, 0.05) is 23.0 Å². The molecule has 0 aromatic heterocycles. The molecule has 0 saturated carbocycles. The average molecular weight is 425 g/mol. The number of carboxylic acid groups (broad SMARTS) is 1. The maximum absolute atomic E-state index is 12.6. The summed E-state index contributed by atoms with van der Waals surface area (Å²) in [4.78, 5) is 48.9. The molecule has 0 radical (unpaired) electrons. The number of aliphatic hydroxyl groups excluding tert-OH is 1. The van der Waals surface area contributed by atoms with Crippen LogP contribution in [-0.4, -0.2) is 57.1 Å². The number of carbonyl (C=O) groups excluding carboxylic acids is 3. The number of aromatic hydroxyl groups is 1. The maximum Gasteiger partial charge on any atom is 0.339 e. The molecule has 2 aromatic carbocycles. The Hall–Kier alpha value is -4.18. The Morgan fingerprint density at radius 1 is 1.10 bits per heavy atom. The zero-order valence-electron chi connectivity index (χ0n) is 16.4. The molecular weight excluding hydrogens is 406 g/mol. The number of aliphatic hydroxyl groups is 1. The first-order valence-corrected chi connectivity index (χ1v) is 9.15. The molecule has 3 rings (SSSR count). The molecule has 0 saturated heterocycles. The number of β-amino-alcohol motifs (C(OH)–C–C–N with tert-alkyl or cyclic N) is 1. The topological polar surface area (TPSA) is 156 Å². The number of amides is 3. The number of nitrogens with one attached hydrogen (secondary N) is 2. The number of hydrogen-bond donors (Lipinski definition) is 5. The number of imide groups is 1. The summed E-state index contributed by atoms with van der Waals surface area (Å²) in [6.07, 6.45) is 1.12. The quantitative estimate of drug-likeness (QED) is 0.328. The van der Waals surface area contributed by atoms with E-state index in [1.54, 1.807) is 19.1 Å². The van der Waals surface area contributed by atoms with E-state index in [-0.39, 0.29) is 35.7 Å².